The smallest absolute Gasteiger partial charge is 0.164 e. The van der Waals surface area contributed by atoms with Gasteiger partial charge in [0.05, 0.1) is 0 Å². The maximum atomic E-state index is 6.80. The lowest BCUT2D eigenvalue weighted by Gasteiger charge is -2.18. The summed E-state index contributed by atoms with van der Waals surface area (Å²) in [7, 11) is 0. The summed E-state index contributed by atoms with van der Waals surface area (Å²) in [5.74, 6) is 3.60. The molecule has 1 aromatic heterocycles. The highest BCUT2D eigenvalue weighted by atomic mass is 16.5. The van der Waals surface area contributed by atoms with Crippen molar-refractivity contribution < 1.29 is 4.74 Å². The van der Waals surface area contributed by atoms with Crippen molar-refractivity contribution in [2.24, 2.45) is 0 Å². The highest BCUT2D eigenvalue weighted by Crippen LogP contribution is 2.49. The van der Waals surface area contributed by atoms with Gasteiger partial charge >= 0.3 is 0 Å². The van der Waals surface area contributed by atoms with Gasteiger partial charge in [-0.1, -0.05) is 188 Å². The van der Waals surface area contributed by atoms with Gasteiger partial charge in [-0.05, 0) is 113 Å². The minimum Gasteiger partial charge on any atom is -0.457 e. The summed E-state index contributed by atoms with van der Waals surface area (Å²) in [6, 6.07) is 75.7. The third-order valence-corrected chi connectivity index (χ3v) is 13.2. The average Bonchev–Trinajstić information content (AvgIpc) is 3.69. The predicted molar refractivity (Wildman–Crippen MR) is 265 cm³/mol. The highest BCUT2D eigenvalue weighted by Gasteiger charge is 2.24. The molecular weight excluding hydrogens is 791 g/mol. The van der Waals surface area contributed by atoms with Crippen LogP contribution in [0.5, 0.6) is 11.5 Å². The van der Waals surface area contributed by atoms with Crippen molar-refractivity contribution in [3.05, 3.63) is 235 Å². The molecule has 11 aromatic rings. The Bertz CT molecular complexity index is 3680. The van der Waals surface area contributed by atoms with Crippen LogP contribution in [0.1, 0.15) is 22.3 Å². The van der Waals surface area contributed by atoms with E-state index >= 15 is 0 Å². The first-order valence-corrected chi connectivity index (χ1v) is 22.3. The van der Waals surface area contributed by atoms with Crippen LogP contribution < -0.4 is 4.74 Å². The van der Waals surface area contributed by atoms with Crippen molar-refractivity contribution in [3.63, 3.8) is 0 Å². The van der Waals surface area contributed by atoms with Crippen molar-refractivity contribution in [2.75, 3.05) is 0 Å². The van der Waals surface area contributed by atoms with Crippen LogP contribution >= 0.6 is 0 Å². The molecule has 0 fully saturated rings. The molecule has 0 unspecified atom stereocenters. The second-order valence-electron chi connectivity index (χ2n) is 17.1. The zero-order valence-corrected chi connectivity index (χ0v) is 35.4. The predicted octanol–water partition coefficient (Wildman–Crippen LogP) is 15.4. The number of ether oxygens (including phenoxy) is 1. The third kappa shape index (κ3) is 6.33. The summed E-state index contributed by atoms with van der Waals surface area (Å²) in [5.41, 5.74) is 17.3. The minimum absolute atomic E-state index is 0.620. The van der Waals surface area contributed by atoms with Crippen molar-refractivity contribution >= 4 is 21.5 Å². The molecule has 4 nitrogen and oxygen atoms in total. The highest BCUT2D eigenvalue weighted by molar-refractivity contribution is 6.18. The molecule has 65 heavy (non-hydrogen) atoms. The Hall–Kier alpha value is -8.47. The standard InChI is InChI=1S/C61H39N3O/c1-2-15-39(16-3-1)59-62-60(44-20-12-19-40(34-44)47-32-33-54-51-23-9-8-22-50(51)53-25-13-24-52(47)58(53)54)64-61(63-59)45-30-31-49-46(37-45)36-42-18-6-11-27-56(42)65-55-26-10-5-17-41(55)35-43-29-28-38-14-4-7-21-48(38)57(43)49/h1-34,37H,35-36H2. The number of aromatic nitrogens is 3. The summed E-state index contributed by atoms with van der Waals surface area (Å²) >= 11 is 0. The van der Waals surface area contributed by atoms with E-state index in [1.165, 1.54) is 71.6 Å². The summed E-state index contributed by atoms with van der Waals surface area (Å²) in [5, 5.41) is 4.98. The Labute approximate surface area is 377 Å². The van der Waals surface area contributed by atoms with E-state index in [-0.39, 0.29) is 0 Å². The van der Waals surface area contributed by atoms with Crippen molar-refractivity contribution in [1.82, 2.24) is 15.0 Å². The van der Waals surface area contributed by atoms with Crippen LogP contribution in [0.2, 0.25) is 0 Å². The Morgan fingerprint density at radius 3 is 1.63 bits per heavy atom. The van der Waals surface area contributed by atoms with Gasteiger partial charge in [0.2, 0.25) is 0 Å². The fourth-order valence-corrected chi connectivity index (χ4v) is 10.2. The van der Waals surface area contributed by atoms with E-state index in [0.717, 1.165) is 51.3 Å². The maximum Gasteiger partial charge on any atom is 0.164 e. The lowest BCUT2D eigenvalue weighted by atomic mass is 9.86. The molecule has 0 radical (unpaired) electrons. The first-order chi connectivity index (χ1) is 32.2. The second-order valence-corrected chi connectivity index (χ2v) is 17.1. The number of rotatable bonds is 4. The largest absolute Gasteiger partial charge is 0.457 e. The van der Waals surface area contributed by atoms with E-state index in [2.05, 4.69) is 194 Å². The molecular formula is C61H39N3O. The monoisotopic (exact) mass is 829 g/mol. The molecule has 10 aromatic carbocycles. The Balaban J connectivity index is 0.985. The molecule has 13 rings (SSSR count). The van der Waals surface area contributed by atoms with Gasteiger partial charge in [0.1, 0.15) is 11.5 Å². The lowest BCUT2D eigenvalue weighted by molar-refractivity contribution is 0.472. The number of hydrogen-bond acceptors (Lipinski definition) is 4. The van der Waals surface area contributed by atoms with Crippen LogP contribution in [0.15, 0.2) is 212 Å². The summed E-state index contributed by atoms with van der Waals surface area (Å²) in [6.07, 6.45) is 1.38. The van der Waals surface area contributed by atoms with Crippen LogP contribution in [0.4, 0.5) is 0 Å². The normalized spacial score (nSPS) is 12.3. The quantitative estimate of drug-likeness (QED) is 0.177. The average molecular weight is 830 g/mol. The van der Waals surface area contributed by atoms with E-state index in [1.807, 2.05) is 18.2 Å². The first kappa shape index (κ1) is 37.1. The van der Waals surface area contributed by atoms with Gasteiger partial charge in [0, 0.05) is 29.5 Å². The molecule has 2 heterocycles. The van der Waals surface area contributed by atoms with E-state index < -0.39 is 0 Å². The molecule has 304 valence electrons. The summed E-state index contributed by atoms with van der Waals surface area (Å²) in [6.45, 7) is 0. The van der Waals surface area contributed by atoms with Crippen LogP contribution in [0.3, 0.4) is 0 Å². The molecule has 0 saturated carbocycles. The van der Waals surface area contributed by atoms with Crippen LogP contribution in [0, 0.1) is 0 Å². The molecule has 0 saturated heterocycles. The van der Waals surface area contributed by atoms with Crippen LogP contribution in [-0.2, 0) is 12.8 Å². The Morgan fingerprint density at radius 2 is 0.846 bits per heavy atom. The molecule has 0 N–H and O–H groups in total. The van der Waals surface area contributed by atoms with Crippen molar-refractivity contribution in [2.45, 2.75) is 12.8 Å². The van der Waals surface area contributed by atoms with Gasteiger partial charge in [-0.3, -0.25) is 0 Å². The summed E-state index contributed by atoms with van der Waals surface area (Å²) < 4.78 is 6.80. The number of fused-ring (bicyclic) bond motifs is 10. The SMILES string of the molecule is c1ccc(-c2nc(-c3cccc(-c4ccc5c6c(cccc46)-c4ccccc4-5)c3)nc(-c3ccc4c(c3)Cc3ccccc3Oc3ccccc3Cc3ccc5ccccc5c3-4)n2)cc1. The Morgan fingerprint density at radius 1 is 0.308 bits per heavy atom. The van der Waals surface area contributed by atoms with Crippen molar-refractivity contribution in [1.29, 1.82) is 0 Å². The molecule has 2 aliphatic rings. The van der Waals surface area contributed by atoms with Gasteiger partial charge in [-0.25, -0.2) is 15.0 Å². The molecule has 0 atom stereocenters. The van der Waals surface area contributed by atoms with Crippen LogP contribution in [-0.4, -0.2) is 15.0 Å². The fraction of sp³-hybridized carbons (Fsp3) is 0.0328. The van der Waals surface area contributed by atoms with Gasteiger partial charge < -0.3 is 4.74 Å². The first-order valence-electron chi connectivity index (χ1n) is 22.3. The van der Waals surface area contributed by atoms with Crippen LogP contribution in [0.25, 0.3) is 100 Å². The molecule has 4 heteroatoms. The molecule has 0 spiro atoms. The van der Waals surface area contributed by atoms with Gasteiger partial charge in [-0.2, -0.15) is 0 Å². The third-order valence-electron chi connectivity index (χ3n) is 13.2. The topological polar surface area (TPSA) is 47.9 Å². The number of benzene rings is 10. The fourth-order valence-electron chi connectivity index (χ4n) is 10.2. The number of hydrogen-bond donors (Lipinski definition) is 0. The second kappa shape index (κ2) is 15.1. The van der Waals surface area contributed by atoms with Crippen molar-refractivity contribution in [3.8, 4) is 90.2 Å². The lowest BCUT2D eigenvalue weighted by Crippen LogP contribution is -2.02. The van der Waals surface area contributed by atoms with E-state index in [9.17, 15) is 0 Å². The zero-order chi connectivity index (χ0) is 42.8. The number of nitrogens with zero attached hydrogens (tertiary/aromatic N) is 3. The Kier molecular flexibility index (Phi) is 8.63. The van der Waals surface area contributed by atoms with E-state index in [1.54, 1.807) is 0 Å². The van der Waals surface area contributed by atoms with Gasteiger partial charge in [0.15, 0.2) is 17.5 Å². The summed E-state index contributed by atoms with van der Waals surface area (Å²) in [4.78, 5) is 15.7. The van der Waals surface area contributed by atoms with E-state index in [0.29, 0.717) is 23.9 Å². The maximum absolute atomic E-state index is 6.80. The van der Waals surface area contributed by atoms with E-state index in [4.69, 9.17) is 19.7 Å². The van der Waals surface area contributed by atoms with Gasteiger partial charge in [-0.15, -0.1) is 0 Å². The zero-order valence-electron chi connectivity index (χ0n) is 35.4. The number of para-hydroxylation sites is 2. The van der Waals surface area contributed by atoms with Gasteiger partial charge in [0.25, 0.3) is 0 Å². The minimum atomic E-state index is 0.620. The molecule has 1 aliphatic carbocycles. The molecule has 0 amide bonds. The molecule has 0 bridgehead atoms. The molecule has 1 aliphatic heterocycles.